The summed E-state index contributed by atoms with van der Waals surface area (Å²) in [6.45, 7) is 3.07. The Hall–Kier alpha value is -9.91. The topological polar surface area (TPSA) is 458 Å². The molecule has 15 N–H and O–H groups in total. The molecule has 5 saturated heterocycles. The number of primary amides is 1. The van der Waals surface area contributed by atoms with Crippen LogP contribution in [-0.2, 0) is 81.6 Å². The Morgan fingerprint density at radius 1 is 0.438 bits per heavy atom. The lowest BCUT2D eigenvalue weighted by Crippen LogP contribution is -2.62. The average molecular weight is 1340 g/mol. The summed E-state index contributed by atoms with van der Waals surface area (Å²) in [5, 5.41) is 73.2. The Balaban J connectivity index is 1.13. The maximum Gasteiger partial charge on any atom is 0.248 e. The first kappa shape index (κ1) is 71.9. The highest BCUT2D eigenvalue weighted by Crippen LogP contribution is 2.28. The first-order chi connectivity index (χ1) is 45.7. The molecule has 0 aromatic heterocycles. The van der Waals surface area contributed by atoms with E-state index in [0.717, 1.165) is 9.80 Å². The average Bonchev–Trinajstić information content (AvgIpc) is 1.60. The maximum absolute atomic E-state index is 15.1. The van der Waals surface area contributed by atoms with Gasteiger partial charge in [-0.3, -0.25) is 62.3 Å². The molecule has 31 nitrogen and oxygen atoms in total. The van der Waals surface area contributed by atoms with Crippen molar-refractivity contribution in [3.05, 3.63) is 89.5 Å². The number of aliphatic hydroxyl groups excluding tert-OH is 2. The number of benzene rings is 3. The quantitative estimate of drug-likeness (QED) is 0.0881. The van der Waals surface area contributed by atoms with Gasteiger partial charge in [-0.25, -0.2) is 0 Å². The predicted molar refractivity (Wildman–Crippen MR) is 338 cm³/mol. The van der Waals surface area contributed by atoms with Gasteiger partial charge < -0.3 is 93.4 Å². The number of nitrogens with one attached hydrogen (secondary N) is 8. The lowest BCUT2D eigenvalue weighted by molar-refractivity contribution is -0.148. The van der Waals surface area contributed by atoms with Crippen molar-refractivity contribution in [2.45, 2.75) is 183 Å². The van der Waals surface area contributed by atoms with E-state index in [9.17, 15) is 78.3 Å². The van der Waals surface area contributed by atoms with Crippen LogP contribution in [-0.4, -0.2) is 233 Å². The summed E-state index contributed by atoms with van der Waals surface area (Å²) < 4.78 is 0. The molecular weight excluding hydrogens is 1250 g/mol. The van der Waals surface area contributed by atoms with Gasteiger partial charge in [0.1, 0.15) is 83.7 Å². The summed E-state index contributed by atoms with van der Waals surface area (Å²) in [4.78, 5) is 190. The Labute approximate surface area is 553 Å². The second kappa shape index (κ2) is 32.5. The first-order valence-corrected chi connectivity index (χ1v) is 32.3. The molecule has 0 radical (unpaired) electrons. The second-order valence-electron chi connectivity index (χ2n) is 25.1. The SMILES string of the molecule is C[C@@H]1NC(=O)[C@@H]2CCCN2C(=O)[C@H]([C@@H](C)O)NC(=O)[C@H](Cc2ccc(O)cc2)NC(=O)[C@H](Cc2ccc(O)cc2)NC(=O)[C@@H]2CCCN2C(=O)[C@@H]2CCCN2C(=O)[C@H](Cc2ccc(O)cc2)NC(=O)[C@H](CCC(N)=O)NC(=O)[C@H]([C@@H](C)O)NC(=O)[C@@H]2CCCN2C(=O)CNC1=O. The highest BCUT2D eigenvalue weighted by atomic mass is 16.3. The molecule has 3 aromatic rings. The van der Waals surface area contributed by atoms with Crippen LogP contribution in [0.15, 0.2) is 72.8 Å². The maximum atomic E-state index is 15.1. The summed E-state index contributed by atoms with van der Waals surface area (Å²) in [6, 6.07) is 0.947. The zero-order chi connectivity index (χ0) is 69.7. The van der Waals surface area contributed by atoms with E-state index in [1.807, 2.05) is 0 Å². The highest BCUT2D eigenvalue weighted by molar-refractivity contribution is 6.01. The molecule has 3 aromatic carbocycles. The van der Waals surface area contributed by atoms with E-state index in [1.54, 1.807) is 0 Å². The van der Waals surface area contributed by atoms with Crippen molar-refractivity contribution in [3.8, 4) is 17.2 Å². The number of phenols is 3. The molecule has 0 unspecified atom stereocenters. The van der Waals surface area contributed by atoms with Gasteiger partial charge in [-0.1, -0.05) is 36.4 Å². The van der Waals surface area contributed by atoms with E-state index in [2.05, 4.69) is 42.5 Å². The fraction of sp³-hybridized carbons (Fsp3) is 0.523. The largest absolute Gasteiger partial charge is 0.508 e. The number of carbonyl (C=O) groups excluding carboxylic acids is 13. The summed E-state index contributed by atoms with van der Waals surface area (Å²) in [5.41, 5.74) is 6.76. The monoisotopic (exact) mass is 1340 g/mol. The van der Waals surface area contributed by atoms with Crippen molar-refractivity contribution in [2.75, 3.05) is 32.7 Å². The van der Waals surface area contributed by atoms with Gasteiger partial charge in [0, 0.05) is 51.9 Å². The van der Waals surface area contributed by atoms with Crippen LogP contribution in [0.1, 0.15) is 102 Å². The van der Waals surface area contributed by atoms with Crippen molar-refractivity contribution in [3.63, 3.8) is 0 Å². The van der Waals surface area contributed by atoms with Crippen LogP contribution in [0.3, 0.4) is 0 Å². The summed E-state index contributed by atoms with van der Waals surface area (Å²) in [5.74, 6) is -11.7. The minimum absolute atomic E-state index is 0.00677. The number of nitrogens with two attached hydrogens (primary N) is 1. The van der Waals surface area contributed by atoms with E-state index in [0.29, 0.717) is 29.5 Å². The number of aliphatic hydroxyl groups is 2. The van der Waals surface area contributed by atoms with Gasteiger partial charge in [0.05, 0.1) is 18.8 Å². The summed E-state index contributed by atoms with van der Waals surface area (Å²) in [7, 11) is 0. The Bertz CT molecular complexity index is 3390. The molecule has 0 aliphatic carbocycles. The van der Waals surface area contributed by atoms with Crippen molar-refractivity contribution in [1.82, 2.24) is 62.1 Å². The first-order valence-electron chi connectivity index (χ1n) is 32.3. The Morgan fingerprint density at radius 3 is 1.29 bits per heavy atom. The third-order valence-electron chi connectivity index (χ3n) is 18.0. The molecule has 0 saturated carbocycles. The van der Waals surface area contributed by atoms with Gasteiger partial charge in [-0.15, -0.1) is 0 Å². The lowest BCUT2D eigenvalue weighted by Gasteiger charge is -2.34. The molecule has 0 bridgehead atoms. The van der Waals surface area contributed by atoms with Crippen molar-refractivity contribution in [1.29, 1.82) is 0 Å². The van der Waals surface area contributed by atoms with E-state index in [-0.39, 0.29) is 101 Å². The van der Waals surface area contributed by atoms with Gasteiger partial charge in [-0.05, 0) is 132 Å². The van der Waals surface area contributed by atoms with E-state index in [1.165, 1.54) is 103 Å². The molecule has 13 amide bonds. The van der Waals surface area contributed by atoms with Crippen LogP contribution >= 0.6 is 0 Å². The summed E-state index contributed by atoms with van der Waals surface area (Å²) in [6.07, 6.45) is -3.45. The predicted octanol–water partition coefficient (Wildman–Crippen LogP) is -3.63. The molecule has 96 heavy (non-hydrogen) atoms. The van der Waals surface area contributed by atoms with Crippen LogP contribution < -0.4 is 48.3 Å². The Morgan fingerprint density at radius 2 is 0.802 bits per heavy atom. The number of hydrogen-bond donors (Lipinski definition) is 14. The van der Waals surface area contributed by atoms with E-state index >= 15 is 9.59 Å². The van der Waals surface area contributed by atoms with Crippen molar-refractivity contribution in [2.24, 2.45) is 5.73 Å². The standard InChI is InChI=1S/C65H85N13O18/c1-34-55(86)67-33-52(85)75-26-4-8-47(75)61(92)73-53(35(2)79)62(93)69-43(24-25-51(66)84)56(87)72-46(32-39-16-22-42(83)23-17-39)63(94)78-29-7-11-50(78)64(95)76-27-5-10-49(76)60(91)71-44(30-37-12-18-40(81)19-13-37)57(88)70-45(31-38-14-20-41(82)21-15-38)58(89)74-54(36(3)80)65(96)77-28-6-9-48(77)59(90)68-34/h12-23,34-36,43-50,53-54,79-83H,4-11,24-33H2,1-3H3,(H2,66,84)(H,67,86)(H,68,90)(H,69,93)(H,70,88)(H,71,91)(H,72,87)(H,73,92)(H,74,89)/t34-,35+,36+,43-,44-,45-,46-,47-,48-,49-,50-,53-,54-/m0/s1. The van der Waals surface area contributed by atoms with Crippen LogP contribution in [0, 0.1) is 0 Å². The zero-order valence-electron chi connectivity index (χ0n) is 53.6. The molecule has 5 aliphatic rings. The van der Waals surface area contributed by atoms with Gasteiger partial charge in [0.25, 0.3) is 0 Å². The number of nitrogens with zero attached hydrogens (tertiary/aromatic N) is 4. The molecule has 5 fully saturated rings. The van der Waals surface area contributed by atoms with Gasteiger partial charge >= 0.3 is 0 Å². The number of fused-ring (bicyclic) bond motifs is 4. The molecule has 31 heteroatoms. The Kier molecular flexibility index (Phi) is 24.3. The minimum atomic E-state index is -1.79. The molecule has 13 atom stereocenters. The molecule has 8 rings (SSSR count). The molecule has 0 spiro atoms. The number of aromatic hydroxyl groups is 3. The molecule has 5 heterocycles. The second-order valence-corrected chi connectivity index (χ2v) is 25.1. The third-order valence-corrected chi connectivity index (χ3v) is 18.0. The van der Waals surface area contributed by atoms with E-state index < -0.39 is 175 Å². The third kappa shape index (κ3) is 18.3. The highest BCUT2D eigenvalue weighted by Gasteiger charge is 2.46. The van der Waals surface area contributed by atoms with Crippen LogP contribution in [0.5, 0.6) is 17.2 Å². The van der Waals surface area contributed by atoms with Gasteiger partial charge in [0.2, 0.25) is 76.8 Å². The zero-order valence-corrected chi connectivity index (χ0v) is 53.6. The normalized spacial score (nSPS) is 27.5. The van der Waals surface area contributed by atoms with Gasteiger partial charge in [0.15, 0.2) is 0 Å². The smallest absolute Gasteiger partial charge is 0.248 e. The van der Waals surface area contributed by atoms with Gasteiger partial charge in [-0.2, -0.15) is 0 Å². The number of amides is 13. The van der Waals surface area contributed by atoms with Crippen LogP contribution in [0.2, 0.25) is 0 Å². The van der Waals surface area contributed by atoms with E-state index in [4.69, 9.17) is 5.73 Å². The lowest BCUT2D eigenvalue weighted by atomic mass is 10.0. The summed E-state index contributed by atoms with van der Waals surface area (Å²) >= 11 is 0. The van der Waals surface area contributed by atoms with Crippen LogP contribution in [0.4, 0.5) is 0 Å². The molecular formula is C65H85N13O18. The number of rotatable bonds is 11. The molecule has 518 valence electrons. The number of hydrogen-bond acceptors (Lipinski definition) is 18. The minimum Gasteiger partial charge on any atom is -0.508 e. The fourth-order valence-corrected chi connectivity index (χ4v) is 12.7. The number of carbonyl (C=O) groups is 13. The number of phenolic OH excluding ortho intramolecular Hbond substituents is 3. The van der Waals surface area contributed by atoms with Crippen molar-refractivity contribution >= 4 is 76.8 Å². The van der Waals surface area contributed by atoms with Crippen LogP contribution in [0.25, 0.3) is 0 Å². The fourth-order valence-electron chi connectivity index (χ4n) is 12.7. The van der Waals surface area contributed by atoms with Crippen molar-refractivity contribution < 1.29 is 87.9 Å². The molecule has 5 aliphatic heterocycles.